The van der Waals surface area contributed by atoms with Crippen molar-refractivity contribution in [3.8, 4) is 17.6 Å². The first-order chi connectivity index (χ1) is 16.2. The van der Waals surface area contributed by atoms with Crippen LogP contribution in [0.3, 0.4) is 0 Å². The van der Waals surface area contributed by atoms with Crippen LogP contribution in [-0.4, -0.2) is 22.4 Å². The molecule has 2 aromatic rings. The van der Waals surface area contributed by atoms with E-state index >= 15 is 0 Å². The smallest absolute Gasteiger partial charge is 0.338 e. The van der Waals surface area contributed by atoms with Gasteiger partial charge in [0, 0.05) is 6.07 Å². The number of non-ortho nitro benzene ring substituents is 1. The van der Waals surface area contributed by atoms with E-state index in [0.29, 0.717) is 5.56 Å². The summed E-state index contributed by atoms with van der Waals surface area (Å²) in [7, 11) is 0. The monoisotopic (exact) mass is 466 g/mol. The number of carbonyl (C=O) groups is 1. The highest BCUT2D eigenvalue weighted by molar-refractivity contribution is 5.92. The van der Waals surface area contributed by atoms with Crippen molar-refractivity contribution >= 4 is 17.3 Å². The molecule has 0 bridgehead atoms. The molecule has 1 heterocycles. The van der Waals surface area contributed by atoms with Crippen molar-refractivity contribution in [1.29, 1.82) is 5.26 Å². The third-order valence-electron chi connectivity index (χ3n) is 4.87. The van der Waals surface area contributed by atoms with Crippen LogP contribution in [-0.2, 0) is 14.3 Å². The van der Waals surface area contributed by atoms with Crippen LogP contribution in [0.25, 0.3) is 0 Å². The molecule has 3 rings (SSSR count). The van der Waals surface area contributed by atoms with E-state index in [2.05, 4.69) is 0 Å². The van der Waals surface area contributed by atoms with Gasteiger partial charge in [-0.1, -0.05) is 12.1 Å². The number of carbonyl (C=O) groups excluding carboxylic acids is 1. The van der Waals surface area contributed by atoms with E-state index in [-0.39, 0.29) is 40.9 Å². The Bertz CT molecular complexity index is 1290. The van der Waals surface area contributed by atoms with Gasteiger partial charge in [0.1, 0.15) is 23.2 Å². The Hall–Kier alpha value is -4.92. The number of nitro benzene ring substituents is 2. The maximum atomic E-state index is 12.6. The predicted molar refractivity (Wildman–Crippen MR) is 116 cm³/mol. The van der Waals surface area contributed by atoms with Gasteiger partial charge in [0.25, 0.3) is 5.69 Å². The fourth-order valence-corrected chi connectivity index (χ4v) is 3.42. The number of allylic oxidation sites excluding steroid dienone is 2. The minimum atomic E-state index is -0.937. The Morgan fingerprint density at radius 2 is 1.94 bits per heavy atom. The summed E-state index contributed by atoms with van der Waals surface area (Å²) in [5.41, 5.74) is 5.28. The summed E-state index contributed by atoms with van der Waals surface area (Å²) >= 11 is 0. The van der Waals surface area contributed by atoms with Crippen molar-refractivity contribution in [1.82, 2.24) is 0 Å². The highest BCUT2D eigenvalue weighted by Gasteiger charge is 2.36. The van der Waals surface area contributed by atoms with Gasteiger partial charge in [0.15, 0.2) is 0 Å². The number of hydrogen-bond acceptors (Lipinski definition) is 10. The van der Waals surface area contributed by atoms with Crippen LogP contribution in [0.1, 0.15) is 25.3 Å². The van der Waals surface area contributed by atoms with E-state index in [4.69, 9.17) is 19.9 Å². The normalized spacial score (nSPS) is 15.3. The molecule has 0 radical (unpaired) electrons. The number of nitrogens with zero attached hydrogens (tertiary/aromatic N) is 3. The van der Waals surface area contributed by atoms with E-state index in [9.17, 15) is 30.3 Å². The Kier molecular flexibility index (Phi) is 6.77. The summed E-state index contributed by atoms with van der Waals surface area (Å²) in [6.45, 7) is 3.24. The van der Waals surface area contributed by atoms with E-state index < -0.39 is 33.1 Å². The summed E-state index contributed by atoms with van der Waals surface area (Å²) in [5.74, 6) is -1.74. The zero-order valence-corrected chi connectivity index (χ0v) is 18.0. The number of ether oxygens (including phenoxy) is 3. The van der Waals surface area contributed by atoms with Gasteiger partial charge < -0.3 is 19.9 Å². The van der Waals surface area contributed by atoms with Crippen molar-refractivity contribution in [2.45, 2.75) is 19.8 Å². The van der Waals surface area contributed by atoms with Crippen molar-refractivity contribution in [3.63, 3.8) is 0 Å². The number of esters is 1. The molecule has 2 N–H and O–H groups in total. The molecule has 0 aliphatic carbocycles. The number of hydrogen-bond donors (Lipinski definition) is 1. The number of nitro groups is 2. The SMILES string of the molecule is CCOC(=O)C1=C(C)OC(N)=C(C#N)C1c1cccc(Oc2ccc([N+](=O)[O-])cc2[N+](=O)[O-])c1. The van der Waals surface area contributed by atoms with Gasteiger partial charge in [0.2, 0.25) is 11.6 Å². The third-order valence-corrected chi connectivity index (χ3v) is 4.87. The first-order valence-corrected chi connectivity index (χ1v) is 9.84. The maximum Gasteiger partial charge on any atom is 0.338 e. The predicted octanol–water partition coefficient (Wildman–Crippen LogP) is 3.94. The van der Waals surface area contributed by atoms with Crippen LogP contribution < -0.4 is 10.5 Å². The lowest BCUT2D eigenvalue weighted by Crippen LogP contribution is -2.25. The molecule has 0 amide bonds. The Labute approximate surface area is 192 Å². The molecule has 12 heteroatoms. The fraction of sp³-hybridized carbons (Fsp3) is 0.182. The molecule has 34 heavy (non-hydrogen) atoms. The van der Waals surface area contributed by atoms with E-state index in [1.54, 1.807) is 19.1 Å². The maximum absolute atomic E-state index is 12.6. The van der Waals surface area contributed by atoms with Crippen molar-refractivity contribution in [2.24, 2.45) is 5.73 Å². The summed E-state index contributed by atoms with van der Waals surface area (Å²) in [5, 5.41) is 32.0. The lowest BCUT2D eigenvalue weighted by molar-refractivity contribution is -0.394. The number of benzene rings is 2. The lowest BCUT2D eigenvalue weighted by Gasteiger charge is -2.27. The standard InChI is InChI=1S/C22H18N4O8/c1-3-32-22(27)19-12(2)33-21(24)16(11-23)20(19)13-5-4-6-15(9-13)34-18-8-7-14(25(28)29)10-17(18)26(30)31/h4-10,20H,3,24H2,1-2H3. The van der Waals surface area contributed by atoms with Gasteiger partial charge in [-0.15, -0.1) is 0 Å². The van der Waals surface area contributed by atoms with Crippen LogP contribution in [0.15, 0.2) is 65.3 Å². The zero-order valence-electron chi connectivity index (χ0n) is 18.0. The van der Waals surface area contributed by atoms with Crippen LogP contribution >= 0.6 is 0 Å². The molecule has 1 aliphatic heterocycles. The topological polar surface area (TPSA) is 181 Å². The first-order valence-electron chi connectivity index (χ1n) is 9.84. The molecular weight excluding hydrogens is 448 g/mol. The van der Waals surface area contributed by atoms with Gasteiger partial charge in [-0.05, 0) is 37.6 Å². The van der Waals surface area contributed by atoms with Gasteiger partial charge >= 0.3 is 11.7 Å². The van der Waals surface area contributed by atoms with E-state index in [1.807, 2.05) is 6.07 Å². The molecule has 174 valence electrons. The third kappa shape index (κ3) is 4.63. The minimum absolute atomic E-state index is 0.0212. The molecule has 0 spiro atoms. The quantitative estimate of drug-likeness (QED) is 0.356. The molecule has 12 nitrogen and oxygen atoms in total. The number of nitriles is 1. The molecule has 0 saturated carbocycles. The second-order valence-corrected chi connectivity index (χ2v) is 6.96. The number of nitrogens with two attached hydrogens (primary N) is 1. The van der Waals surface area contributed by atoms with Crippen molar-refractivity contribution in [3.05, 3.63) is 91.0 Å². The van der Waals surface area contributed by atoms with E-state index in [1.165, 1.54) is 19.1 Å². The van der Waals surface area contributed by atoms with Gasteiger partial charge in [-0.25, -0.2) is 4.79 Å². The molecule has 0 fully saturated rings. The molecule has 1 atom stereocenters. The summed E-state index contributed by atoms with van der Waals surface area (Å²) < 4.78 is 16.1. The van der Waals surface area contributed by atoms with Crippen molar-refractivity contribution < 1.29 is 28.9 Å². The second kappa shape index (κ2) is 9.70. The number of rotatable bonds is 7. The summed E-state index contributed by atoms with van der Waals surface area (Å²) in [6.07, 6.45) is 0. The van der Waals surface area contributed by atoms with Crippen molar-refractivity contribution in [2.75, 3.05) is 6.61 Å². The Balaban J connectivity index is 2.07. The molecular formula is C22H18N4O8. The van der Waals surface area contributed by atoms with Crippen LogP contribution in [0, 0.1) is 31.6 Å². The minimum Gasteiger partial charge on any atom is -0.463 e. The van der Waals surface area contributed by atoms with Crippen LogP contribution in [0.2, 0.25) is 0 Å². The molecule has 0 saturated heterocycles. The molecule has 0 aromatic heterocycles. The second-order valence-electron chi connectivity index (χ2n) is 6.96. The van der Waals surface area contributed by atoms with Crippen LogP contribution in [0.5, 0.6) is 11.5 Å². The van der Waals surface area contributed by atoms with Gasteiger partial charge in [-0.3, -0.25) is 20.2 Å². The highest BCUT2D eigenvalue weighted by Crippen LogP contribution is 2.41. The first kappa shape index (κ1) is 23.7. The molecule has 2 aromatic carbocycles. The lowest BCUT2D eigenvalue weighted by atomic mass is 9.83. The average molecular weight is 466 g/mol. The van der Waals surface area contributed by atoms with E-state index in [0.717, 1.165) is 18.2 Å². The van der Waals surface area contributed by atoms with Crippen LogP contribution in [0.4, 0.5) is 11.4 Å². The zero-order chi connectivity index (χ0) is 25.0. The largest absolute Gasteiger partial charge is 0.463 e. The highest BCUT2D eigenvalue weighted by atomic mass is 16.6. The summed E-state index contributed by atoms with van der Waals surface area (Å²) in [4.78, 5) is 33.5. The summed E-state index contributed by atoms with van der Waals surface area (Å²) in [6, 6.07) is 11.1. The molecule has 1 aliphatic rings. The fourth-order valence-electron chi connectivity index (χ4n) is 3.42. The Morgan fingerprint density at radius 1 is 1.21 bits per heavy atom. The average Bonchev–Trinajstić information content (AvgIpc) is 2.78. The molecule has 1 unspecified atom stereocenters. The van der Waals surface area contributed by atoms with Gasteiger partial charge in [0.05, 0.1) is 34.0 Å². The Morgan fingerprint density at radius 3 is 2.56 bits per heavy atom. The van der Waals surface area contributed by atoms with Gasteiger partial charge in [-0.2, -0.15) is 5.26 Å².